The maximum absolute atomic E-state index is 6.01. The Morgan fingerprint density at radius 3 is 2.75 bits per heavy atom. The van der Waals surface area contributed by atoms with Gasteiger partial charge in [-0.3, -0.25) is 0 Å². The van der Waals surface area contributed by atoms with Gasteiger partial charge in [0.25, 0.3) is 0 Å². The summed E-state index contributed by atoms with van der Waals surface area (Å²) >= 11 is 6.01. The average Bonchev–Trinajstić information content (AvgIpc) is 2.33. The first-order valence-electron chi connectivity index (χ1n) is 5.94. The number of para-hydroxylation sites is 1. The fourth-order valence-electron chi connectivity index (χ4n) is 2.07. The highest BCUT2D eigenvalue weighted by Gasteiger charge is 2.12. The third-order valence-electron chi connectivity index (χ3n) is 3.08. The molecular formula is C13H18ClNO. The Morgan fingerprint density at radius 2 is 2.00 bits per heavy atom. The molecule has 0 amide bonds. The van der Waals surface area contributed by atoms with E-state index in [1.165, 1.54) is 12.8 Å². The first-order chi connectivity index (χ1) is 7.86. The largest absolute Gasteiger partial charge is 0.492 e. The molecule has 1 aromatic carbocycles. The van der Waals surface area contributed by atoms with Crippen molar-refractivity contribution in [3.8, 4) is 5.75 Å². The molecule has 16 heavy (non-hydrogen) atoms. The van der Waals surface area contributed by atoms with Crippen molar-refractivity contribution in [2.45, 2.75) is 19.3 Å². The Bertz CT molecular complexity index is 323. The van der Waals surface area contributed by atoms with Crippen molar-refractivity contribution in [3.05, 3.63) is 29.3 Å². The van der Waals surface area contributed by atoms with Gasteiger partial charge in [0.05, 0.1) is 11.6 Å². The molecule has 0 aromatic heterocycles. The molecule has 1 saturated heterocycles. The normalized spacial score (nSPS) is 17.3. The second kappa shape index (κ2) is 6.12. The number of nitrogens with one attached hydrogen (secondary N) is 1. The topological polar surface area (TPSA) is 21.3 Å². The molecule has 1 N–H and O–H groups in total. The van der Waals surface area contributed by atoms with Crippen LogP contribution in [-0.2, 0) is 0 Å². The molecule has 0 saturated carbocycles. The van der Waals surface area contributed by atoms with Crippen LogP contribution in [0.4, 0.5) is 0 Å². The Balaban J connectivity index is 1.73. The molecule has 0 bridgehead atoms. The van der Waals surface area contributed by atoms with Crippen molar-refractivity contribution >= 4 is 11.6 Å². The van der Waals surface area contributed by atoms with Crippen LogP contribution < -0.4 is 10.1 Å². The van der Waals surface area contributed by atoms with Gasteiger partial charge < -0.3 is 10.1 Å². The van der Waals surface area contributed by atoms with Gasteiger partial charge in [-0.15, -0.1) is 0 Å². The summed E-state index contributed by atoms with van der Waals surface area (Å²) in [6, 6.07) is 7.65. The minimum absolute atomic E-state index is 0.702. The van der Waals surface area contributed by atoms with E-state index in [-0.39, 0.29) is 0 Å². The highest BCUT2D eigenvalue weighted by atomic mass is 35.5. The average molecular weight is 240 g/mol. The molecule has 0 aliphatic carbocycles. The van der Waals surface area contributed by atoms with Crippen LogP contribution >= 0.6 is 11.6 Å². The van der Waals surface area contributed by atoms with Crippen molar-refractivity contribution < 1.29 is 4.74 Å². The van der Waals surface area contributed by atoms with Gasteiger partial charge in [-0.2, -0.15) is 0 Å². The van der Waals surface area contributed by atoms with Crippen molar-refractivity contribution in [1.82, 2.24) is 5.32 Å². The van der Waals surface area contributed by atoms with Crippen LogP contribution in [-0.4, -0.2) is 19.7 Å². The van der Waals surface area contributed by atoms with Gasteiger partial charge in [0.1, 0.15) is 5.75 Å². The lowest BCUT2D eigenvalue weighted by Gasteiger charge is -2.22. The molecule has 2 nitrogen and oxygen atoms in total. The Morgan fingerprint density at radius 1 is 1.25 bits per heavy atom. The molecule has 1 heterocycles. The molecular weight excluding hydrogens is 222 g/mol. The van der Waals surface area contributed by atoms with Crippen molar-refractivity contribution in [2.24, 2.45) is 5.92 Å². The van der Waals surface area contributed by atoms with Crippen molar-refractivity contribution in [3.63, 3.8) is 0 Å². The zero-order valence-corrected chi connectivity index (χ0v) is 10.2. The third kappa shape index (κ3) is 3.39. The molecule has 0 unspecified atom stereocenters. The van der Waals surface area contributed by atoms with Crippen LogP contribution in [0.25, 0.3) is 0 Å². The van der Waals surface area contributed by atoms with Gasteiger partial charge >= 0.3 is 0 Å². The van der Waals surface area contributed by atoms with Crippen LogP contribution in [0.15, 0.2) is 24.3 Å². The van der Waals surface area contributed by atoms with Gasteiger partial charge in [0, 0.05) is 0 Å². The van der Waals surface area contributed by atoms with Gasteiger partial charge in [-0.25, -0.2) is 0 Å². The Labute approximate surface area is 102 Å². The standard InChI is InChI=1S/C13H18ClNO/c14-12-3-1-2-4-13(12)16-10-7-11-5-8-15-9-6-11/h1-4,11,15H,5-10H2. The van der Waals surface area contributed by atoms with E-state index < -0.39 is 0 Å². The predicted octanol–water partition coefficient (Wildman–Crippen LogP) is 3.11. The second-order valence-corrected chi connectivity index (χ2v) is 4.67. The van der Waals surface area contributed by atoms with Gasteiger partial charge in [0.2, 0.25) is 0 Å². The summed E-state index contributed by atoms with van der Waals surface area (Å²) in [7, 11) is 0. The van der Waals surface area contributed by atoms with E-state index in [1.54, 1.807) is 0 Å². The van der Waals surface area contributed by atoms with E-state index in [2.05, 4.69) is 5.32 Å². The molecule has 1 aliphatic rings. The Hall–Kier alpha value is -0.730. The molecule has 2 rings (SSSR count). The fourth-order valence-corrected chi connectivity index (χ4v) is 2.26. The van der Waals surface area contributed by atoms with Gasteiger partial charge in [-0.1, -0.05) is 23.7 Å². The maximum Gasteiger partial charge on any atom is 0.137 e. The van der Waals surface area contributed by atoms with E-state index >= 15 is 0 Å². The number of hydrogen-bond donors (Lipinski definition) is 1. The third-order valence-corrected chi connectivity index (χ3v) is 3.39. The predicted molar refractivity (Wildman–Crippen MR) is 67.2 cm³/mol. The molecule has 0 spiro atoms. The van der Waals surface area contributed by atoms with E-state index in [9.17, 15) is 0 Å². The summed E-state index contributed by atoms with van der Waals surface area (Å²) < 4.78 is 5.69. The number of piperidine rings is 1. The lowest BCUT2D eigenvalue weighted by Crippen LogP contribution is -2.28. The number of rotatable bonds is 4. The highest BCUT2D eigenvalue weighted by Crippen LogP contribution is 2.24. The van der Waals surface area contributed by atoms with Crippen molar-refractivity contribution in [1.29, 1.82) is 0 Å². The summed E-state index contributed by atoms with van der Waals surface area (Å²) in [6.45, 7) is 3.07. The number of benzene rings is 1. The molecule has 1 fully saturated rings. The minimum atomic E-state index is 0.702. The Kier molecular flexibility index (Phi) is 4.49. The highest BCUT2D eigenvalue weighted by molar-refractivity contribution is 6.32. The molecule has 1 aromatic rings. The summed E-state index contributed by atoms with van der Waals surface area (Å²) in [4.78, 5) is 0. The first-order valence-corrected chi connectivity index (χ1v) is 6.32. The van der Waals surface area contributed by atoms with Gasteiger partial charge in [-0.05, 0) is 50.4 Å². The fraction of sp³-hybridized carbons (Fsp3) is 0.538. The lowest BCUT2D eigenvalue weighted by molar-refractivity contribution is 0.252. The quantitative estimate of drug-likeness (QED) is 0.872. The zero-order chi connectivity index (χ0) is 11.2. The SMILES string of the molecule is Clc1ccccc1OCCC1CCNCC1. The maximum atomic E-state index is 6.01. The number of halogens is 1. The van der Waals surface area contributed by atoms with Crippen LogP contribution in [0.1, 0.15) is 19.3 Å². The smallest absolute Gasteiger partial charge is 0.137 e. The van der Waals surface area contributed by atoms with E-state index in [0.717, 1.165) is 37.8 Å². The molecule has 0 atom stereocenters. The van der Waals surface area contributed by atoms with E-state index in [4.69, 9.17) is 16.3 Å². The summed E-state index contributed by atoms with van der Waals surface area (Å²) in [5.41, 5.74) is 0. The van der Waals surface area contributed by atoms with Crippen molar-refractivity contribution in [2.75, 3.05) is 19.7 Å². The summed E-state index contributed by atoms with van der Waals surface area (Å²) in [5.74, 6) is 1.61. The summed E-state index contributed by atoms with van der Waals surface area (Å²) in [6.07, 6.45) is 3.67. The van der Waals surface area contributed by atoms with Crippen LogP contribution in [0, 0.1) is 5.92 Å². The first kappa shape index (κ1) is 11.7. The lowest BCUT2D eigenvalue weighted by atomic mass is 9.95. The van der Waals surface area contributed by atoms with Crippen LogP contribution in [0.5, 0.6) is 5.75 Å². The number of hydrogen-bond acceptors (Lipinski definition) is 2. The van der Waals surface area contributed by atoms with Gasteiger partial charge in [0.15, 0.2) is 0 Å². The molecule has 1 aliphatic heterocycles. The van der Waals surface area contributed by atoms with E-state index in [0.29, 0.717) is 5.02 Å². The van der Waals surface area contributed by atoms with Crippen LogP contribution in [0.2, 0.25) is 5.02 Å². The minimum Gasteiger partial charge on any atom is -0.492 e. The van der Waals surface area contributed by atoms with Crippen LogP contribution in [0.3, 0.4) is 0 Å². The molecule has 3 heteroatoms. The molecule has 88 valence electrons. The number of ether oxygens (including phenoxy) is 1. The van der Waals surface area contributed by atoms with E-state index in [1.807, 2.05) is 24.3 Å². The molecule has 0 radical (unpaired) electrons. The zero-order valence-electron chi connectivity index (χ0n) is 9.42. The second-order valence-electron chi connectivity index (χ2n) is 4.26. The summed E-state index contributed by atoms with van der Waals surface area (Å²) in [5, 5.41) is 4.07. The monoisotopic (exact) mass is 239 g/mol.